The number of carbonyl (C=O) groups excluding carboxylic acids is 1. The van der Waals surface area contributed by atoms with Crippen LogP contribution in [0.1, 0.15) is 35.3 Å². The third-order valence-corrected chi connectivity index (χ3v) is 6.39. The molecular formula is C27H23ClFN3O. The van der Waals surface area contributed by atoms with Crippen LogP contribution in [-0.4, -0.2) is 15.5 Å². The zero-order valence-corrected chi connectivity index (χ0v) is 18.9. The number of hydrogen-bond acceptors (Lipinski definition) is 1. The Balaban J connectivity index is 1.61. The van der Waals surface area contributed by atoms with Crippen LogP contribution in [0.4, 0.5) is 14.9 Å². The highest BCUT2D eigenvalue weighted by Gasteiger charge is 2.33. The maximum absolute atomic E-state index is 13.6. The van der Waals surface area contributed by atoms with Crippen molar-refractivity contribution < 1.29 is 9.18 Å². The van der Waals surface area contributed by atoms with Crippen LogP contribution in [0, 0.1) is 5.82 Å². The molecule has 0 bridgehead atoms. The normalized spacial score (nSPS) is 14.9. The smallest absolute Gasteiger partial charge is 0.318 e. The minimum atomic E-state index is -0.523. The standard InChI is InChI=1S/C27H23ClFN3O/c1-2-18-9-11-19(12-10-18)26-25-8-5-15-31(25)24-7-4-3-6-20(24)17-32(26)27(33)30-21-13-14-23(29)22(28)16-21/h3-16,26H,2,17H2,1H3,(H,30,33)/t26-/m0/s1. The molecule has 6 heteroatoms. The second-order valence-corrected chi connectivity index (χ2v) is 8.52. The Bertz CT molecular complexity index is 1320. The fourth-order valence-electron chi connectivity index (χ4n) is 4.39. The third-order valence-electron chi connectivity index (χ3n) is 6.10. The number of nitrogens with one attached hydrogen (secondary N) is 1. The van der Waals surface area contributed by atoms with E-state index < -0.39 is 5.82 Å². The van der Waals surface area contributed by atoms with Gasteiger partial charge in [-0.15, -0.1) is 0 Å². The average Bonchev–Trinajstić information content (AvgIpc) is 3.26. The largest absolute Gasteiger partial charge is 0.322 e. The molecule has 1 aliphatic heterocycles. The van der Waals surface area contributed by atoms with Crippen LogP contribution in [-0.2, 0) is 13.0 Å². The van der Waals surface area contributed by atoms with Crippen molar-refractivity contribution in [1.29, 1.82) is 0 Å². The molecule has 5 rings (SSSR count). The highest BCUT2D eigenvalue weighted by Crippen LogP contribution is 2.37. The zero-order chi connectivity index (χ0) is 22.9. The van der Waals surface area contributed by atoms with E-state index in [1.807, 2.05) is 35.4 Å². The van der Waals surface area contributed by atoms with Gasteiger partial charge < -0.3 is 14.8 Å². The number of carbonyl (C=O) groups is 1. The molecular weight excluding hydrogens is 437 g/mol. The Morgan fingerprint density at radius 2 is 1.85 bits per heavy atom. The van der Waals surface area contributed by atoms with E-state index in [1.54, 1.807) is 0 Å². The monoisotopic (exact) mass is 459 g/mol. The summed E-state index contributed by atoms with van der Waals surface area (Å²) in [6, 6.07) is 24.1. The highest BCUT2D eigenvalue weighted by atomic mass is 35.5. The van der Waals surface area contributed by atoms with Crippen LogP contribution in [0.3, 0.4) is 0 Å². The number of urea groups is 1. The number of anilines is 1. The topological polar surface area (TPSA) is 37.3 Å². The summed E-state index contributed by atoms with van der Waals surface area (Å²) in [5.41, 5.74) is 5.79. The van der Waals surface area contributed by atoms with Crippen LogP contribution in [0.15, 0.2) is 85.1 Å². The van der Waals surface area contributed by atoms with E-state index in [-0.39, 0.29) is 17.1 Å². The number of fused-ring (bicyclic) bond motifs is 3. The highest BCUT2D eigenvalue weighted by molar-refractivity contribution is 6.31. The minimum absolute atomic E-state index is 0.0328. The van der Waals surface area contributed by atoms with Crippen LogP contribution in [0.5, 0.6) is 0 Å². The molecule has 4 aromatic rings. The Hall–Kier alpha value is -3.57. The molecule has 4 nitrogen and oxygen atoms in total. The second-order valence-electron chi connectivity index (χ2n) is 8.12. The maximum Gasteiger partial charge on any atom is 0.322 e. The molecule has 3 aromatic carbocycles. The average molecular weight is 460 g/mol. The molecule has 1 aliphatic rings. The van der Waals surface area contributed by atoms with Gasteiger partial charge in [-0.05, 0) is 59.5 Å². The van der Waals surface area contributed by atoms with Gasteiger partial charge in [0.25, 0.3) is 0 Å². The summed E-state index contributed by atoms with van der Waals surface area (Å²) in [7, 11) is 0. The van der Waals surface area contributed by atoms with E-state index >= 15 is 0 Å². The summed E-state index contributed by atoms with van der Waals surface area (Å²) >= 11 is 5.94. The summed E-state index contributed by atoms with van der Waals surface area (Å²) in [5.74, 6) is -0.523. The first-order chi connectivity index (χ1) is 16.0. The SMILES string of the molecule is CCc1ccc([C@H]2c3cccn3-c3ccccc3CN2C(=O)Nc2ccc(F)c(Cl)c2)cc1. The molecule has 0 saturated heterocycles. The van der Waals surface area contributed by atoms with Crippen molar-refractivity contribution in [1.82, 2.24) is 9.47 Å². The van der Waals surface area contributed by atoms with Gasteiger partial charge in [-0.2, -0.15) is 0 Å². The summed E-state index contributed by atoms with van der Waals surface area (Å²) in [5, 5.41) is 2.88. The van der Waals surface area contributed by atoms with E-state index in [0.29, 0.717) is 12.2 Å². The van der Waals surface area contributed by atoms with Gasteiger partial charge in [0.15, 0.2) is 0 Å². The van der Waals surface area contributed by atoms with Crippen LogP contribution < -0.4 is 5.32 Å². The van der Waals surface area contributed by atoms with Gasteiger partial charge in [-0.1, -0.05) is 61.0 Å². The van der Waals surface area contributed by atoms with Gasteiger partial charge in [0.2, 0.25) is 0 Å². The Morgan fingerprint density at radius 1 is 1.06 bits per heavy atom. The predicted octanol–water partition coefficient (Wildman–Crippen LogP) is 6.97. The number of aromatic nitrogens is 1. The lowest BCUT2D eigenvalue weighted by Gasteiger charge is -2.31. The summed E-state index contributed by atoms with van der Waals surface area (Å²) < 4.78 is 15.8. The van der Waals surface area contributed by atoms with Gasteiger partial charge >= 0.3 is 6.03 Å². The Morgan fingerprint density at radius 3 is 2.61 bits per heavy atom. The van der Waals surface area contributed by atoms with Gasteiger partial charge in [-0.3, -0.25) is 0 Å². The molecule has 0 radical (unpaired) electrons. The lowest BCUT2D eigenvalue weighted by Crippen LogP contribution is -2.37. The summed E-state index contributed by atoms with van der Waals surface area (Å²) in [4.78, 5) is 15.4. The molecule has 0 saturated carbocycles. The molecule has 1 aromatic heterocycles. The number of para-hydroxylation sites is 1. The molecule has 0 spiro atoms. The van der Waals surface area contributed by atoms with Crippen LogP contribution in [0.2, 0.25) is 5.02 Å². The first-order valence-corrected chi connectivity index (χ1v) is 11.3. The number of amides is 2. The van der Waals surface area contributed by atoms with Gasteiger partial charge in [0, 0.05) is 17.6 Å². The van der Waals surface area contributed by atoms with E-state index in [4.69, 9.17) is 11.6 Å². The maximum atomic E-state index is 13.6. The van der Waals surface area contributed by atoms with E-state index in [1.165, 1.54) is 23.8 Å². The Kier molecular flexibility index (Phi) is 5.65. The number of halogens is 2. The van der Waals surface area contributed by atoms with Crippen LogP contribution >= 0.6 is 11.6 Å². The molecule has 0 unspecified atom stereocenters. The second kappa shape index (κ2) is 8.75. The van der Waals surface area contributed by atoms with Gasteiger partial charge in [-0.25, -0.2) is 9.18 Å². The molecule has 0 fully saturated rings. The van der Waals surface area contributed by atoms with Crippen molar-refractivity contribution in [3.63, 3.8) is 0 Å². The van der Waals surface area contributed by atoms with E-state index in [2.05, 4.69) is 53.2 Å². The fraction of sp³-hybridized carbons (Fsp3) is 0.148. The molecule has 33 heavy (non-hydrogen) atoms. The number of nitrogens with zero attached hydrogens (tertiary/aromatic N) is 2. The summed E-state index contributed by atoms with van der Waals surface area (Å²) in [6.07, 6.45) is 2.98. The first kappa shape index (κ1) is 21.3. The summed E-state index contributed by atoms with van der Waals surface area (Å²) in [6.45, 7) is 2.54. The van der Waals surface area contributed by atoms with Gasteiger partial charge in [0.1, 0.15) is 5.82 Å². The van der Waals surface area contributed by atoms with Crippen molar-refractivity contribution in [2.24, 2.45) is 0 Å². The van der Waals surface area contributed by atoms with Crippen molar-refractivity contribution in [2.75, 3.05) is 5.32 Å². The van der Waals surface area contributed by atoms with E-state index in [9.17, 15) is 9.18 Å². The number of benzene rings is 3. The molecule has 166 valence electrons. The number of hydrogen-bond donors (Lipinski definition) is 1. The number of aryl methyl sites for hydroxylation is 1. The zero-order valence-electron chi connectivity index (χ0n) is 18.1. The molecule has 2 amide bonds. The number of rotatable bonds is 3. The molecule has 1 atom stereocenters. The molecule has 0 aliphatic carbocycles. The van der Waals surface area contributed by atoms with Crippen molar-refractivity contribution in [2.45, 2.75) is 25.9 Å². The fourth-order valence-corrected chi connectivity index (χ4v) is 4.58. The minimum Gasteiger partial charge on any atom is -0.318 e. The van der Waals surface area contributed by atoms with E-state index in [0.717, 1.165) is 28.9 Å². The van der Waals surface area contributed by atoms with Crippen molar-refractivity contribution in [3.8, 4) is 5.69 Å². The lowest BCUT2D eigenvalue weighted by molar-refractivity contribution is 0.194. The van der Waals surface area contributed by atoms with Crippen LogP contribution in [0.25, 0.3) is 5.69 Å². The van der Waals surface area contributed by atoms with Crippen molar-refractivity contribution >= 4 is 23.3 Å². The Labute approximate surface area is 197 Å². The molecule has 1 N–H and O–H groups in total. The quantitative estimate of drug-likeness (QED) is 0.353. The van der Waals surface area contributed by atoms with Crippen molar-refractivity contribution in [3.05, 3.63) is 118 Å². The van der Waals surface area contributed by atoms with Gasteiger partial charge in [0.05, 0.1) is 23.3 Å². The first-order valence-electron chi connectivity index (χ1n) is 10.9. The third kappa shape index (κ3) is 4.00. The molecule has 2 heterocycles. The predicted molar refractivity (Wildman–Crippen MR) is 129 cm³/mol. The lowest BCUT2D eigenvalue weighted by atomic mass is 10.00.